The smallest absolute Gasteiger partial charge is 0.167 e. The van der Waals surface area contributed by atoms with Crippen molar-refractivity contribution >= 4 is 11.6 Å². The number of benzene rings is 2. The van der Waals surface area contributed by atoms with Gasteiger partial charge in [-0.1, -0.05) is 23.7 Å². The van der Waals surface area contributed by atoms with E-state index in [0.29, 0.717) is 16.3 Å². The van der Waals surface area contributed by atoms with E-state index in [1.54, 1.807) is 31.2 Å². The first kappa shape index (κ1) is 14.8. The average Bonchev–Trinajstić information content (AvgIpc) is 2.34. The summed E-state index contributed by atoms with van der Waals surface area (Å²) in [6.07, 6.45) is 0. The molecule has 0 aliphatic heterocycles. The number of para-hydroxylation sites is 1. The predicted octanol–water partition coefficient (Wildman–Crippen LogP) is 4.91. The maximum absolute atomic E-state index is 14.0. The summed E-state index contributed by atoms with van der Waals surface area (Å²) in [6.45, 7) is 5.55. The standard InChI is InChI=1S/C16H17ClFNO/c1-9-7-12(17)8-10(2)15(9)20-16-13(11(3)19)5-4-6-14(16)18/h4-8,11H,19H2,1-3H3. The van der Waals surface area contributed by atoms with Crippen molar-refractivity contribution in [3.8, 4) is 11.5 Å². The summed E-state index contributed by atoms with van der Waals surface area (Å²) in [7, 11) is 0. The SMILES string of the molecule is Cc1cc(Cl)cc(C)c1Oc1c(F)cccc1C(C)N. The Morgan fingerprint density at radius 2 is 1.75 bits per heavy atom. The van der Waals surface area contributed by atoms with Crippen LogP contribution in [0.15, 0.2) is 30.3 Å². The van der Waals surface area contributed by atoms with Gasteiger partial charge in [-0.2, -0.15) is 0 Å². The third-order valence-electron chi connectivity index (χ3n) is 3.12. The van der Waals surface area contributed by atoms with Crippen molar-refractivity contribution in [3.63, 3.8) is 0 Å². The topological polar surface area (TPSA) is 35.2 Å². The molecular formula is C16H17ClFNO. The van der Waals surface area contributed by atoms with E-state index < -0.39 is 5.82 Å². The molecule has 0 aliphatic carbocycles. The predicted molar refractivity (Wildman–Crippen MR) is 80.0 cm³/mol. The van der Waals surface area contributed by atoms with Gasteiger partial charge in [-0.25, -0.2) is 4.39 Å². The molecule has 20 heavy (non-hydrogen) atoms. The van der Waals surface area contributed by atoms with Crippen LogP contribution in [-0.4, -0.2) is 0 Å². The summed E-state index contributed by atoms with van der Waals surface area (Å²) in [5, 5.41) is 0.633. The Kier molecular flexibility index (Phi) is 4.31. The Balaban J connectivity index is 2.51. The number of rotatable bonds is 3. The first-order valence-electron chi connectivity index (χ1n) is 6.38. The molecule has 0 spiro atoms. The van der Waals surface area contributed by atoms with Crippen LogP contribution in [0, 0.1) is 19.7 Å². The van der Waals surface area contributed by atoms with Crippen LogP contribution in [0.3, 0.4) is 0 Å². The van der Waals surface area contributed by atoms with Crippen molar-refractivity contribution in [2.45, 2.75) is 26.8 Å². The molecule has 0 amide bonds. The first-order chi connectivity index (χ1) is 9.40. The van der Waals surface area contributed by atoms with E-state index in [2.05, 4.69) is 0 Å². The van der Waals surface area contributed by atoms with E-state index in [4.69, 9.17) is 22.1 Å². The van der Waals surface area contributed by atoms with E-state index in [0.717, 1.165) is 11.1 Å². The molecule has 106 valence electrons. The molecule has 0 saturated carbocycles. The Morgan fingerprint density at radius 1 is 1.15 bits per heavy atom. The Bertz CT molecular complexity index is 617. The third kappa shape index (κ3) is 2.94. The quantitative estimate of drug-likeness (QED) is 0.873. The Morgan fingerprint density at radius 3 is 2.30 bits per heavy atom. The molecule has 0 radical (unpaired) electrons. The largest absolute Gasteiger partial charge is 0.453 e. The monoisotopic (exact) mass is 293 g/mol. The van der Waals surface area contributed by atoms with E-state index in [1.807, 2.05) is 13.8 Å². The number of ether oxygens (including phenoxy) is 1. The van der Waals surface area contributed by atoms with Crippen LogP contribution in [0.2, 0.25) is 5.02 Å². The van der Waals surface area contributed by atoms with Crippen molar-refractivity contribution in [1.29, 1.82) is 0 Å². The van der Waals surface area contributed by atoms with Gasteiger partial charge in [0.25, 0.3) is 0 Å². The van der Waals surface area contributed by atoms with Gasteiger partial charge >= 0.3 is 0 Å². The second-order valence-electron chi connectivity index (χ2n) is 4.92. The molecule has 0 aliphatic rings. The van der Waals surface area contributed by atoms with Crippen LogP contribution in [0.1, 0.15) is 29.7 Å². The van der Waals surface area contributed by atoms with Gasteiger partial charge in [0, 0.05) is 16.6 Å². The van der Waals surface area contributed by atoms with Gasteiger partial charge in [0.15, 0.2) is 11.6 Å². The van der Waals surface area contributed by atoms with Crippen molar-refractivity contribution in [2.75, 3.05) is 0 Å². The van der Waals surface area contributed by atoms with Crippen LogP contribution in [-0.2, 0) is 0 Å². The highest BCUT2D eigenvalue weighted by Crippen LogP contribution is 2.36. The number of hydrogen-bond donors (Lipinski definition) is 1. The molecule has 1 atom stereocenters. The summed E-state index contributed by atoms with van der Waals surface area (Å²) in [6, 6.07) is 8.02. The lowest BCUT2D eigenvalue weighted by Crippen LogP contribution is -2.08. The molecule has 2 aromatic carbocycles. The van der Waals surface area contributed by atoms with Gasteiger partial charge in [-0.05, 0) is 50.1 Å². The summed E-state index contributed by atoms with van der Waals surface area (Å²) in [5.41, 5.74) is 8.22. The molecule has 0 heterocycles. The molecular weight excluding hydrogens is 277 g/mol. The highest BCUT2D eigenvalue weighted by molar-refractivity contribution is 6.30. The second kappa shape index (κ2) is 5.81. The lowest BCUT2D eigenvalue weighted by Gasteiger charge is -2.17. The summed E-state index contributed by atoms with van der Waals surface area (Å²) in [5.74, 6) is 0.367. The molecule has 0 aromatic heterocycles. The molecule has 0 fully saturated rings. The molecule has 4 heteroatoms. The van der Waals surface area contributed by atoms with E-state index in [-0.39, 0.29) is 11.8 Å². The van der Waals surface area contributed by atoms with Gasteiger partial charge in [-0.15, -0.1) is 0 Å². The lowest BCUT2D eigenvalue weighted by molar-refractivity contribution is 0.427. The van der Waals surface area contributed by atoms with Crippen LogP contribution in [0.5, 0.6) is 11.5 Å². The highest BCUT2D eigenvalue weighted by atomic mass is 35.5. The van der Waals surface area contributed by atoms with Crippen molar-refractivity contribution in [3.05, 3.63) is 57.9 Å². The normalized spacial score (nSPS) is 12.3. The van der Waals surface area contributed by atoms with Crippen LogP contribution >= 0.6 is 11.6 Å². The molecule has 2 N–H and O–H groups in total. The fourth-order valence-electron chi connectivity index (χ4n) is 2.15. The first-order valence-corrected chi connectivity index (χ1v) is 6.76. The van der Waals surface area contributed by atoms with E-state index in [1.165, 1.54) is 6.07 Å². The van der Waals surface area contributed by atoms with E-state index >= 15 is 0 Å². The number of halogens is 2. The number of nitrogens with two attached hydrogens (primary N) is 1. The van der Waals surface area contributed by atoms with Crippen molar-refractivity contribution in [2.24, 2.45) is 5.73 Å². The van der Waals surface area contributed by atoms with Gasteiger partial charge in [0.1, 0.15) is 5.75 Å². The van der Waals surface area contributed by atoms with Gasteiger partial charge in [-0.3, -0.25) is 0 Å². The molecule has 1 unspecified atom stereocenters. The van der Waals surface area contributed by atoms with Gasteiger partial charge in [0.2, 0.25) is 0 Å². The van der Waals surface area contributed by atoms with Crippen LogP contribution in [0.25, 0.3) is 0 Å². The van der Waals surface area contributed by atoms with Gasteiger partial charge < -0.3 is 10.5 Å². The minimum absolute atomic E-state index is 0.177. The maximum Gasteiger partial charge on any atom is 0.167 e. The average molecular weight is 294 g/mol. The molecule has 2 aromatic rings. The van der Waals surface area contributed by atoms with Gasteiger partial charge in [0.05, 0.1) is 0 Å². The fraction of sp³-hybridized carbons (Fsp3) is 0.250. The summed E-state index contributed by atoms with van der Waals surface area (Å²) < 4.78 is 19.8. The van der Waals surface area contributed by atoms with Crippen LogP contribution < -0.4 is 10.5 Å². The number of aryl methyl sites for hydroxylation is 2. The molecule has 2 rings (SSSR count). The van der Waals surface area contributed by atoms with Crippen LogP contribution in [0.4, 0.5) is 4.39 Å². The lowest BCUT2D eigenvalue weighted by atomic mass is 10.1. The number of hydrogen-bond acceptors (Lipinski definition) is 2. The molecule has 0 saturated heterocycles. The Hall–Kier alpha value is -1.58. The fourth-order valence-corrected chi connectivity index (χ4v) is 2.48. The zero-order chi connectivity index (χ0) is 14.9. The zero-order valence-electron chi connectivity index (χ0n) is 11.7. The minimum atomic E-state index is -0.423. The molecule has 2 nitrogen and oxygen atoms in total. The highest BCUT2D eigenvalue weighted by Gasteiger charge is 2.16. The van der Waals surface area contributed by atoms with Crippen molar-refractivity contribution < 1.29 is 9.13 Å². The second-order valence-corrected chi connectivity index (χ2v) is 5.35. The third-order valence-corrected chi connectivity index (χ3v) is 3.34. The Labute approximate surface area is 123 Å². The van der Waals surface area contributed by atoms with E-state index in [9.17, 15) is 4.39 Å². The minimum Gasteiger partial charge on any atom is -0.453 e. The summed E-state index contributed by atoms with van der Waals surface area (Å²) in [4.78, 5) is 0. The van der Waals surface area contributed by atoms with Crippen molar-refractivity contribution in [1.82, 2.24) is 0 Å². The summed E-state index contributed by atoms with van der Waals surface area (Å²) >= 11 is 5.99. The zero-order valence-corrected chi connectivity index (χ0v) is 12.5. The maximum atomic E-state index is 14.0. The molecule has 0 bridgehead atoms.